The molecule has 3 rings (SSSR count). The lowest BCUT2D eigenvalue weighted by Gasteiger charge is -2.35. The van der Waals surface area contributed by atoms with Crippen molar-refractivity contribution in [3.8, 4) is 0 Å². The molecule has 0 fully saturated rings. The van der Waals surface area contributed by atoms with Crippen LogP contribution in [0.5, 0.6) is 0 Å². The highest BCUT2D eigenvalue weighted by Crippen LogP contribution is 2.31. The van der Waals surface area contributed by atoms with Gasteiger partial charge >= 0.3 is 0 Å². The molecule has 4 N–H and O–H groups in total. The number of amides is 1. The largest absolute Gasteiger partial charge is 0.398 e. The Hall–Kier alpha value is -3.04. The molecule has 0 radical (unpaired) electrons. The van der Waals surface area contributed by atoms with Crippen molar-refractivity contribution in [2.24, 2.45) is 0 Å². The summed E-state index contributed by atoms with van der Waals surface area (Å²) in [4.78, 5) is 16.5. The van der Waals surface area contributed by atoms with E-state index in [4.69, 9.17) is 17.3 Å². The average molecular weight is 422 g/mol. The molecule has 10 heteroatoms. The topological polar surface area (TPSA) is 106 Å². The Bertz CT molecular complexity index is 1010. The lowest BCUT2D eigenvalue weighted by atomic mass is 9.86. The van der Waals surface area contributed by atoms with E-state index in [2.05, 4.69) is 15.4 Å². The monoisotopic (exact) mass is 421 g/mol. The molecule has 7 nitrogen and oxygen atoms in total. The van der Waals surface area contributed by atoms with Crippen LogP contribution in [0.3, 0.4) is 0 Å². The van der Waals surface area contributed by atoms with Crippen molar-refractivity contribution in [3.05, 3.63) is 76.8 Å². The number of halogens is 3. The van der Waals surface area contributed by atoms with Crippen LogP contribution in [0, 0.1) is 11.6 Å². The summed E-state index contributed by atoms with van der Waals surface area (Å²) >= 11 is 6.07. The summed E-state index contributed by atoms with van der Waals surface area (Å²) in [6, 6.07) is 6.34. The van der Waals surface area contributed by atoms with Crippen molar-refractivity contribution >= 4 is 23.2 Å². The third kappa shape index (κ3) is 4.20. The van der Waals surface area contributed by atoms with Crippen LogP contribution >= 0.6 is 11.6 Å². The zero-order valence-corrected chi connectivity index (χ0v) is 16.1. The molecular formula is C19H18ClF2N5O2. The van der Waals surface area contributed by atoms with E-state index in [1.807, 2.05) is 0 Å². The van der Waals surface area contributed by atoms with Crippen LogP contribution in [0.2, 0.25) is 5.02 Å². The third-order valence-corrected chi connectivity index (χ3v) is 4.92. The smallest absolute Gasteiger partial charge is 0.255 e. The number of anilines is 1. The molecule has 0 aliphatic carbocycles. The van der Waals surface area contributed by atoms with E-state index in [0.717, 1.165) is 12.1 Å². The molecule has 0 spiro atoms. The maximum Gasteiger partial charge on any atom is 0.255 e. The Morgan fingerprint density at radius 2 is 2.14 bits per heavy atom. The van der Waals surface area contributed by atoms with Crippen LogP contribution in [-0.4, -0.2) is 31.8 Å². The highest BCUT2D eigenvalue weighted by atomic mass is 35.5. The van der Waals surface area contributed by atoms with Gasteiger partial charge in [0.2, 0.25) is 0 Å². The first-order valence-electron chi connectivity index (χ1n) is 8.57. The first-order valence-corrected chi connectivity index (χ1v) is 8.95. The number of aliphatic hydroxyl groups is 1. The number of carbonyl (C=O) groups excluding carboxylic acids is 1. The number of carbonyl (C=O) groups is 1. The van der Waals surface area contributed by atoms with Gasteiger partial charge in [0.25, 0.3) is 5.91 Å². The van der Waals surface area contributed by atoms with Gasteiger partial charge in [-0.15, -0.1) is 0 Å². The van der Waals surface area contributed by atoms with Gasteiger partial charge in [-0.05, 0) is 25.1 Å². The summed E-state index contributed by atoms with van der Waals surface area (Å²) in [6.07, 6.45) is 2.57. The minimum atomic E-state index is -1.99. The number of nitrogens with zero attached hydrogens (tertiary/aromatic N) is 3. The predicted molar refractivity (Wildman–Crippen MR) is 103 cm³/mol. The second kappa shape index (κ2) is 8.14. The molecule has 0 saturated carbocycles. The lowest BCUT2D eigenvalue weighted by Crippen LogP contribution is -2.52. The minimum absolute atomic E-state index is 0.0312. The highest BCUT2D eigenvalue weighted by Gasteiger charge is 2.40. The van der Waals surface area contributed by atoms with Crippen molar-refractivity contribution in [2.45, 2.75) is 25.1 Å². The third-order valence-electron chi connectivity index (χ3n) is 4.60. The van der Waals surface area contributed by atoms with Crippen LogP contribution in [0.25, 0.3) is 0 Å². The molecule has 1 aromatic heterocycles. The fourth-order valence-electron chi connectivity index (χ4n) is 3.03. The fourth-order valence-corrected chi connectivity index (χ4v) is 3.29. The SMILES string of the molecule is C[C@@H](NC(=O)c1c(N)cccc1Cl)[C@](O)(Cn1cncn1)c1ccc(F)cc1F. The van der Waals surface area contributed by atoms with Crippen molar-refractivity contribution < 1.29 is 18.7 Å². The maximum absolute atomic E-state index is 14.5. The van der Waals surface area contributed by atoms with E-state index in [9.17, 15) is 18.7 Å². The first-order chi connectivity index (χ1) is 13.7. The molecule has 0 aliphatic heterocycles. The van der Waals surface area contributed by atoms with Crippen LogP contribution in [0.15, 0.2) is 49.1 Å². The van der Waals surface area contributed by atoms with Gasteiger partial charge in [-0.1, -0.05) is 23.7 Å². The fraction of sp³-hybridized carbons (Fsp3) is 0.211. The van der Waals surface area contributed by atoms with Gasteiger partial charge in [0.05, 0.1) is 23.2 Å². The normalized spacial score (nSPS) is 14.2. The number of nitrogen functional groups attached to an aromatic ring is 1. The lowest BCUT2D eigenvalue weighted by molar-refractivity contribution is -0.0186. The predicted octanol–water partition coefficient (Wildman–Crippen LogP) is 2.50. The summed E-state index contributed by atoms with van der Waals surface area (Å²) in [7, 11) is 0. The highest BCUT2D eigenvalue weighted by molar-refractivity contribution is 6.34. The Morgan fingerprint density at radius 3 is 2.76 bits per heavy atom. The van der Waals surface area contributed by atoms with Crippen LogP contribution < -0.4 is 11.1 Å². The van der Waals surface area contributed by atoms with E-state index in [0.29, 0.717) is 6.07 Å². The summed E-state index contributed by atoms with van der Waals surface area (Å²) in [5.74, 6) is -2.42. The van der Waals surface area contributed by atoms with Gasteiger partial charge in [0.1, 0.15) is 29.9 Å². The Kier molecular flexibility index (Phi) is 5.81. The quantitative estimate of drug-likeness (QED) is 0.530. The van der Waals surface area contributed by atoms with Crippen LogP contribution in [0.1, 0.15) is 22.8 Å². The van der Waals surface area contributed by atoms with Crippen molar-refractivity contribution in [1.29, 1.82) is 0 Å². The number of rotatable bonds is 6. The van der Waals surface area contributed by atoms with E-state index in [-0.39, 0.29) is 28.4 Å². The Morgan fingerprint density at radius 1 is 1.38 bits per heavy atom. The zero-order chi connectivity index (χ0) is 21.2. The van der Waals surface area contributed by atoms with Gasteiger partial charge in [-0.25, -0.2) is 18.4 Å². The van der Waals surface area contributed by atoms with E-state index < -0.39 is 29.2 Å². The Balaban J connectivity index is 1.98. The summed E-state index contributed by atoms with van der Waals surface area (Å²) in [5, 5.41) is 18.0. The second-order valence-corrected chi connectivity index (χ2v) is 6.95. The summed E-state index contributed by atoms with van der Waals surface area (Å²) in [5.41, 5.74) is 3.81. The van der Waals surface area contributed by atoms with Crippen molar-refractivity contribution in [1.82, 2.24) is 20.1 Å². The van der Waals surface area contributed by atoms with Crippen LogP contribution in [-0.2, 0) is 12.1 Å². The molecule has 1 amide bonds. The number of nitrogens with one attached hydrogen (secondary N) is 1. The zero-order valence-electron chi connectivity index (χ0n) is 15.3. The second-order valence-electron chi connectivity index (χ2n) is 6.54. The molecule has 2 atom stereocenters. The number of aromatic nitrogens is 3. The average Bonchev–Trinajstić information content (AvgIpc) is 3.14. The van der Waals surface area contributed by atoms with Crippen LogP contribution in [0.4, 0.5) is 14.5 Å². The number of nitrogens with two attached hydrogens (primary N) is 1. The number of benzene rings is 2. The van der Waals surface area contributed by atoms with Crippen molar-refractivity contribution in [3.63, 3.8) is 0 Å². The molecule has 0 aliphatic rings. The number of hydrogen-bond acceptors (Lipinski definition) is 5. The van der Waals surface area contributed by atoms with Gasteiger partial charge in [0, 0.05) is 17.3 Å². The Labute approximate surface area is 170 Å². The molecule has 0 saturated heterocycles. The minimum Gasteiger partial charge on any atom is -0.398 e. The first kappa shape index (κ1) is 20.7. The van der Waals surface area contributed by atoms with Gasteiger partial charge < -0.3 is 16.2 Å². The molecule has 29 heavy (non-hydrogen) atoms. The maximum atomic E-state index is 14.5. The molecule has 152 valence electrons. The molecule has 3 aromatic rings. The molecule has 2 aromatic carbocycles. The number of hydrogen-bond donors (Lipinski definition) is 3. The van der Waals surface area contributed by atoms with E-state index in [1.54, 1.807) is 6.07 Å². The molecule has 1 heterocycles. The molecule has 0 unspecified atom stereocenters. The van der Waals surface area contributed by atoms with Gasteiger partial charge in [-0.3, -0.25) is 4.79 Å². The van der Waals surface area contributed by atoms with Gasteiger partial charge in [0.15, 0.2) is 0 Å². The van der Waals surface area contributed by atoms with E-state index in [1.165, 1.54) is 36.4 Å². The molecule has 0 bridgehead atoms. The summed E-state index contributed by atoms with van der Waals surface area (Å²) < 4.78 is 29.2. The van der Waals surface area contributed by atoms with Crippen molar-refractivity contribution in [2.75, 3.05) is 5.73 Å². The molecular weight excluding hydrogens is 404 g/mol. The van der Waals surface area contributed by atoms with E-state index >= 15 is 0 Å². The standard InChI is InChI=1S/C19H18ClF2N5O2/c1-11(26-18(28)17-14(20)3-2-4-16(17)23)19(29,8-27-10-24-9-25-27)13-6-5-12(21)7-15(13)22/h2-7,9-11,29H,8,23H2,1H3,(H,26,28)/t11-,19-/m1/s1. The summed E-state index contributed by atoms with van der Waals surface area (Å²) in [6.45, 7) is 1.22. The van der Waals surface area contributed by atoms with Gasteiger partial charge in [-0.2, -0.15) is 5.10 Å².